The van der Waals surface area contributed by atoms with Crippen LogP contribution >= 0.6 is 0 Å². The highest BCUT2D eigenvalue weighted by Crippen LogP contribution is 2.05. The Hall–Kier alpha value is -2.71. The third-order valence-corrected chi connectivity index (χ3v) is 2.67. The van der Waals surface area contributed by atoms with Gasteiger partial charge in [-0.1, -0.05) is 0 Å². The molecule has 0 aromatic carbocycles. The number of carbonyl (C=O) groups is 2. The molecule has 2 heterocycles. The minimum absolute atomic E-state index is 0.100. The Bertz CT molecular complexity index is 607. The van der Waals surface area contributed by atoms with Gasteiger partial charge in [0.25, 0.3) is 5.82 Å². The van der Waals surface area contributed by atoms with Crippen molar-refractivity contribution in [3.05, 3.63) is 30.0 Å². The summed E-state index contributed by atoms with van der Waals surface area (Å²) in [6.45, 7) is 2.05. The number of aromatic nitrogens is 4. The van der Waals surface area contributed by atoms with E-state index in [-0.39, 0.29) is 24.9 Å². The van der Waals surface area contributed by atoms with Crippen molar-refractivity contribution >= 4 is 11.9 Å². The van der Waals surface area contributed by atoms with Crippen LogP contribution < -0.4 is 0 Å². The maximum absolute atomic E-state index is 12.1. The molecule has 2 aromatic heterocycles. The number of likely N-dealkylation sites (N-methyl/N-ethyl adjacent to an activating group) is 1. The van der Waals surface area contributed by atoms with E-state index >= 15 is 0 Å². The first-order valence-electron chi connectivity index (χ1n) is 6.31. The SMILES string of the molecule is CCOC(=O)c1nnnn1CC(=O)N(C)Cc1ccco1. The fourth-order valence-electron chi connectivity index (χ4n) is 1.63. The molecule has 0 aliphatic heterocycles. The predicted molar refractivity (Wildman–Crippen MR) is 69.0 cm³/mol. The first-order chi connectivity index (χ1) is 10.1. The van der Waals surface area contributed by atoms with Gasteiger partial charge in [0.1, 0.15) is 12.3 Å². The van der Waals surface area contributed by atoms with Gasteiger partial charge in [-0.2, -0.15) is 0 Å². The molecule has 0 aliphatic rings. The number of rotatable bonds is 6. The average molecular weight is 293 g/mol. The quantitative estimate of drug-likeness (QED) is 0.696. The molecular formula is C12H15N5O4. The molecule has 112 valence electrons. The van der Waals surface area contributed by atoms with Crippen LogP contribution in [0.3, 0.4) is 0 Å². The van der Waals surface area contributed by atoms with Gasteiger partial charge in [0, 0.05) is 7.05 Å². The summed E-state index contributed by atoms with van der Waals surface area (Å²) in [7, 11) is 1.62. The number of hydrogen-bond acceptors (Lipinski definition) is 7. The Morgan fingerprint density at radius 2 is 2.29 bits per heavy atom. The highest BCUT2D eigenvalue weighted by Gasteiger charge is 2.20. The summed E-state index contributed by atoms with van der Waals surface area (Å²) >= 11 is 0. The fourth-order valence-corrected chi connectivity index (χ4v) is 1.63. The third-order valence-electron chi connectivity index (χ3n) is 2.67. The molecule has 1 amide bonds. The molecule has 0 spiro atoms. The van der Waals surface area contributed by atoms with Crippen LogP contribution in [-0.2, 0) is 22.6 Å². The highest BCUT2D eigenvalue weighted by molar-refractivity contribution is 5.86. The van der Waals surface area contributed by atoms with E-state index in [1.807, 2.05) is 0 Å². The standard InChI is InChI=1S/C12H15N5O4/c1-3-20-12(19)11-13-14-15-17(11)8-10(18)16(2)7-9-5-4-6-21-9/h4-6H,3,7-8H2,1-2H3. The molecule has 2 rings (SSSR count). The van der Waals surface area contributed by atoms with Gasteiger partial charge >= 0.3 is 5.97 Å². The zero-order valence-corrected chi connectivity index (χ0v) is 11.7. The van der Waals surface area contributed by atoms with Crippen molar-refractivity contribution in [2.24, 2.45) is 0 Å². The number of ether oxygens (including phenoxy) is 1. The number of tetrazole rings is 1. The number of furan rings is 1. The lowest BCUT2D eigenvalue weighted by atomic mass is 10.4. The van der Waals surface area contributed by atoms with E-state index < -0.39 is 5.97 Å². The van der Waals surface area contributed by atoms with Crippen LogP contribution in [0.1, 0.15) is 23.3 Å². The Balaban J connectivity index is 1.99. The predicted octanol–water partition coefficient (Wildman–Crippen LogP) is 0.101. The summed E-state index contributed by atoms with van der Waals surface area (Å²) in [5.41, 5.74) is 0. The zero-order valence-electron chi connectivity index (χ0n) is 11.7. The van der Waals surface area contributed by atoms with Crippen molar-refractivity contribution in [2.75, 3.05) is 13.7 Å². The van der Waals surface area contributed by atoms with E-state index in [4.69, 9.17) is 9.15 Å². The molecule has 9 heteroatoms. The number of carbonyl (C=O) groups excluding carboxylic acids is 2. The molecule has 0 bridgehead atoms. The highest BCUT2D eigenvalue weighted by atomic mass is 16.5. The molecule has 21 heavy (non-hydrogen) atoms. The molecule has 2 aromatic rings. The molecule has 9 nitrogen and oxygen atoms in total. The van der Waals surface area contributed by atoms with Crippen molar-refractivity contribution in [3.63, 3.8) is 0 Å². The minimum atomic E-state index is -0.663. The van der Waals surface area contributed by atoms with Crippen molar-refractivity contribution in [1.82, 2.24) is 25.1 Å². The van der Waals surface area contributed by atoms with Crippen molar-refractivity contribution in [3.8, 4) is 0 Å². The van der Waals surface area contributed by atoms with Gasteiger partial charge in [-0.15, -0.1) is 5.10 Å². The van der Waals surface area contributed by atoms with E-state index in [1.54, 1.807) is 26.1 Å². The zero-order chi connectivity index (χ0) is 15.2. The van der Waals surface area contributed by atoms with E-state index in [9.17, 15) is 9.59 Å². The summed E-state index contributed by atoms with van der Waals surface area (Å²) in [6, 6.07) is 3.51. The average Bonchev–Trinajstić information content (AvgIpc) is 3.10. The molecule has 0 radical (unpaired) electrons. The van der Waals surface area contributed by atoms with Gasteiger partial charge in [-0.3, -0.25) is 4.79 Å². The largest absolute Gasteiger partial charge is 0.467 e. The maximum Gasteiger partial charge on any atom is 0.378 e. The number of amides is 1. The van der Waals surface area contributed by atoms with Crippen LogP contribution in [0.4, 0.5) is 0 Å². The molecule has 0 N–H and O–H groups in total. The number of nitrogens with zero attached hydrogens (tertiary/aromatic N) is 5. The molecule has 0 unspecified atom stereocenters. The summed E-state index contributed by atoms with van der Waals surface area (Å²) < 4.78 is 11.1. The van der Waals surface area contributed by atoms with Gasteiger partial charge in [-0.25, -0.2) is 9.48 Å². The second-order valence-electron chi connectivity index (χ2n) is 4.21. The monoisotopic (exact) mass is 293 g/mol. The summed E-state index contributed by atoms with van der Waals surface area (Å²) in [5, 5.41) is 10.6. The molecule has 0 fully saturated rings. The second-order valence-corrected chi connectivity index (χ2v) is 4.21. The van der Waals surface area contributed by atoms with Crippen LogP contribution in [0.15, 0.2) is 22.8 Å². The smallest absolute Gasteiger partial charge is 0.378 e. The lowest BCUT2D eigenvalue weighted by molar-refractivity contribution is -0.131. The minimum Gasteiger partial charge on any atom is -0.467 e. The van der Waals surface area contributed by atoms with Crippen LogP contribution in [0, 0.1) is 0 Å². The van der Waals surface area contributed by atoms with E-state index in [0.717, 1.165) is 4.68 Å². The number of hydrogen-bond donors (Lipinski definition) is 0. The Labute approximate surface area is 120 Å². The topological polar surface area (TPSA) is 103 Å². The van der Waals surface area contributed by atoms with Crippen molar-refractivity contribution < 1.29 is 18.7 Å². The first-order valence-corrected chi connectivity index (χ1v) is 6.31. The van der Waals surface area contributed by atoms with E-state index in [2.05, 4.69) is 15.5 Å². The lowest BCUT2D eigenvalue weighted by Crippen LogP contribution is -2.31. The molecular weight excluding hydrogens is 278 g/mol. The van der Waals surface area contributed by atoms with Crippen molar-refractivity contribution in [1.29, 1.82) is 0 Å². The Kier molecular flexibility index (Phi) is 4.64. The Morgan fingerprint density at radius 1 is 1.48 bits per heavy atom. The summed E-state index contributed by atoms with van der Waals surface area (Å²) in [6.07, 6.45) is 1.54. The van der Waals surface area contributed by atoms with Gasteiger partial charge in [0.15, 0.2) is 0 Å². The van der Waals surface area contributed by atoms with Gasteiger partial charge in [0.2, 0.25) is 5.91 Å². The normalized spacial score (nSPS) is 10.4. The fraction of sp³-hybridized carbons (Fsp3) is 0.417. The first kappa shape index (κ1) is 14.7. The van der Waals surface area contributed by atoms with E-state index in [0.29, 0.717) is 12.3 Å². The molecule has 0 atom stereocenters. The third kappa shape index (κ3) is 3.65. The van der Waals surface area contributed by atoms with Crippen LogP contribution in [0.5, 0.6) is 0 Å². The summed E-state index contributed by atoms with van der Waals surface area (Å²) in [4.78, 5) is 25.1. The van der Waals surface area contributed by atoms with Crippen molar-refractivity contribution in [2.45, 2.75) is 20.0 Å². The van der Waals surface area contributed by atoms with Crippen LogP contribution in [0.2, 0.25) is 0 Å². The van der Waals surface area contributed by atoms with Crippen LogP contribution in [0.25, 0.3) is 0 Å². The van der Waals surface area contributed by atoms with Gasteiger partial charge in [0.05, 0.1) is 19.4 Å². The second kappa shape index (κ2) is 6.64. The molecule has 0 saturated heterocycles. The lowest BCUT2D eigenvalue weighted by Gasteiger charge is -2.15. The molecule has 0 saturated carbocycles. The van der Waals surface area contributed by atoms with E-state index in [1.165, 1.54) is 11.2 Å². The maximum atomic E-state index is 12.1. The van der Waals surface area contributed by atoms with Gasteiger partial charge < -0.3 is 14.1 Å². The summed E-state index contributed by atoms with van der Waals surface area (Å²) in [5.74, 6) is -0.363. The number of esters is 1. The van der Waals surface area contributed by atoms with Crippen LogP contribution in [-0.4, -0.2) is 50.6 Å². The Morgan fingerprint density at radius 3 is 2.95 bits per heavy atom. The molecule has 0 aliphatic carbocycles. The van der Waals surface area contributed by atoms with Gasteiger partial charge in [-0.05, 0) is 29.5 Å².